The summed E-state index contributed by atoms with van der Waals surface area (Å²) in [7, 11) is 0. The molecule has 0 bridgehead atoms. The summed E-state index contributed by atoms with van der Waals surface area (Å²) in [5.41, 5.74) is 1.42. The number of amides is 3. The molecule has 1 aliphatic heterocycles. The average molecular weight is 582 g/mol. The predicted molar refractivity (Wildman–Crippen MR) is 157 cm³/mol. The van der Waals surface area contributed by atoms with E-state index >= 15 is 0 Å². The van der Waals surface area contributed by atoms with Gasteiger partial charge >= 0.3 is 6.09 Å². The molecule has 0 spiro atoms. The molecule has 1 saturated carbocycles. The van der Waals surface area contributed by atoms with E-state index in [0.29, 0.717) is 30.7 Å². The quantitative estimate of drug-likeness (QED) is 0.297. The number of ether oxygens (including phenoxy) is 1. The van der Waals surface area contributed by atoms with Gasteiger partial charge in [-0.3, -0.25) is 9.59 Å². The molecule has 2 aliphatic rings. The highest BCUT2D eigenvalue weighted by Crippen LogP contribution is 2.51. The molecule has 2 fully saturated rings. The number of halogens is 1. The lowest BCUT2D eigenvalue weighted by molar-refractivity contribution is -0.127. The molecule has 1 aliphatic carbocycles. The van der Waals surface area contributed by atoms with Crippen LogP contribution in [0.15, 0.2) is 54.6 Å². The second-order valence-electron chi connectivity index (χ2n) is 11.7. The predicted octanol–water partition coefficient (Wildman–Crippen LogP) is 5.24. The fourth-order valence-corrected chi connectivity index (χ4v) is 6.42. The van der Waals surface area contributed by atoms with E-state index in [4.69, 9.17) is 16.3 Å². The molecule has 220 valence electrons. The minimum absolute atomic E-state index is 0.0823. The topological polar surface area (TPSA) is 114 Å². The highest BCUT2D eigenvalue weighted by Gasteiger charge is 2.46. The number of nitrogens with one attached hydrogen (secondary N) is 3. The fraction of sp³-hybridized carbons (Fsp3) is 0.500. The van der Waals surface area contributed by atoms with Gasteiger partial charge in [0.15, 0.2) is 0 Å². The summed E-state index contributed by atoms with van der Waals surface area (Å²) in [4.78, 5) is 50.6. The third kappa shape index (κ3) is 7.67. The zero-order chi connectivity index (χ0) is 29.4. The molecule has 0 radical (unpaired) electrons. The van der Waals surface area contributed by atoms with E-state index in [2.05, 4.69) is 16.0 Å². The van der Waals surface area contributed by atoms with E-state index in [-0.39, 0.29) is 24.2 Å². The van der Waals surface area contributed by atoms with Crippen LogP contribution >= 0.6 is 11.6 Å². The summed E-state index contributed by atoms with van der Waals surface area (Å²) in [6.45, 7) is 4.46. The van der Waals surface area contributed by atoms with Gasteiger partial charge in [-0.15, -0.1) is 0 Å². The standard InChI is InChI=1S/C32H40ClN3O5/c1-21(2)17-27(30(39)35-26(20-37)18-23-13-16-34-29(23)38)36-31(40)41-28(22-9-4-3-5-10-22)32(14-6-7-15-32)24-11-8-12-25(33)19-24/h3-5,8-12,19-21,23,26-28H,6-7,13-18H2,1-2H3,(H,34,38)(H,35,39)(H,36,40). The molecule has 41 heavy (non-hydrogen) atoms. The number of rotatable bonds is 12. The normalized spacial score (nSPS) is 20.1. The Morgan fingerprint density at radius 2 is 1.83 bits per heavy atom. The van der Waals surface area contributed by atoms with Gasteiger partial charge in [-0.1, -0.05) is 80.8 Å². The first-order valence-corrected chi connectivity index (χ1v) is 14.9. The van der Waals surface area contributed by atoms with E-state index in [9.17, 15) is 19.2 Å². The Kier molecular flexibility index (Phi) is 10.4. The summed E-state index contributed by atoms with van der Waals surface area (Å²) >= 11 is 6.40. The summed E-state index contributed by atoms with van der Waals surface area (Å²) in [5.74, 6) is -0.835. The van der Waals surface area contributed by atoms with Crippen molar-refractivity contribution in [3.05, 3.63) is 70.7 Å². The van der Waals surface area contributed by atoms with Crippen LogP contribution in [0.2, 0.25) is 5.02 Å². The van der Waals surface area contributed by atoms with Crippen LogP contribution in [0, 0.1) is 11.8 Å². The molecular weight excluding hydrogens is 542 g/mol. The van der Waals surface area contributed by atoms with E-state index in [1.54, 1.807) is 0 Å². The fourth-order valence-electron chi connectivity index (χ4n) is 6.23. The first-order valence-electron chi connectivity index (χ1n) is 14.5. The van der Waals surface area contributed by atoms with Gasteiger partial charge in [0.1, 0.15) is 18.4 Å². The Hall–Kier alpha value is -3.39. The monoisotopic (exact) mass is 581 g/mol. The maximum absolute atomic E-state index is 13.5. The number of benzene rings is 2. The Labute approximate surface area is 246 Å². The minimum Gasteiger partial charge on any atom is -0.440 e. The van der Waals surface area contributed by atoms with Crippen LogP contribution in [0.1, 0.15) is 76.0 Å². The van der Waals surface area contributed by atoms with Gasteiger partial charge in [0.25, 0.3) is 0 Å². The minimum atomic E-state index is -0.913. The van der Waals surface area contributed by atoms with Crippen molar-refractivity contribution >= 4 is 35.8 Å². The molecule has 1 heterocycles. The van der Waals surface area contributed by atoms with Crippen LogP contribution < -0.4 is 16.0 Å². The number of aldehydes is 1. The van der Waals surface area contributed by atoms with Crippen molar-refractivity contribution < 1.29 is 23.9 Å². The van der Waals surface area contributed by atoms with Crippen LogP contribution in [0.5, 0.6) is 0 Å². The molecule has 2 aromatic rings. The third-order valence-corrected chi connectivity index (χ3v) is 8.47. The van der Waals surface area contributed by atoms with E-state index in [0.717, 1.165) is 36.8 Å². The van der Waals surface area contributed by atoms with Gasteiger partial charge in [-0.05, 0) is 61.3 Å². The molecule has 1 saturated heterocycles. The molecule has 9 heteroatoms. The third-order valence-electron chi connectivity index (χ3n) is 8.23. The highest BCUT2D eigenvalue weighted by atomic mass is 35.5. The number of alkyl carbamates (subject to hydrolysis) is 1. The first-order chi connectivity index (χ1) is 19.7. The number of hydrogen-bond donors (Lipinski definition) is 3. The van der Waals surface area contributed by atoms with Crippen LogP contribution in [-0.2, 0) is 24.5 Å². The van der Waals surface area contributed by atoms with Gasteiger partial charge < -0.3 is 25.5 Å². The van der Waals surface area contributed by atoms with Crippen LogP contribution in [0.4, 0.5) is 4.79 Å². The summed E-state index contributed by atoms with van der Waals surface area (Å²) in [6, 6.07) is 15.7. The van der Waals surface area contributed by atoms with Crippen molar-refractivity contribution in [1.29, 1.82) is 0 Å². The van der Waals surface area contributed by atoms with Crippen molar-refractivity contribution in [1.82, 2.24) is 16.0 Å². The van der Waals surface area contributed by atoms with Crippen LogP contribution in [0.3, 0.4) is 0 Å². The van der Waals surface area contributed by atoms with Crippen LogP contribution in [0.25, 0.3) is 0 Å². The summed E-state index contributed by atoms with van der Waals surface area (Å²) < 4.78 is 6.24. The Morgan fingerprint density at radius 3 is 2.44 bits per heavy atom. The Morgan fingerprint density at radius 1 is 1.10 bits per heavy atom. The number of carbonyl (C=O) groups excluding carboxylic acids is 4. The molecule has 3 amide bonds. The zero-order valence-electron chi connectivity index (χ0n) is 23.7. The largest absolute Gasteiger partial charge is 0.440 e. The molecule has 8 nitrogen and oxygen atoms in total. The SMILES string of the molecule is CC(C)CC(NC(=O)OC(c1ccccc1)C1(c2cccc(Cl)c2)CCCC1)C(=O)NC(C=O)CC1CCNC1=O. The molecule has 4 atom stereocenters. The lowest BCUT2D eigenvalue weighted by atomic mass is 9.72. The van der Waals surface area contributed by atoms with E-state index in [1.165, 1.54) is 0 Å². The second-order valence-corrected chi connectivity index (χ2v) is 12.1. The maximum Gasteiger partial charge on any atom is 0.408 e. The van der Waals surface area contributed by atoms with Crippen molar-refractivity contribution in [2.45, 2.75) is 82.4 Å². The van der Waals surface area contributed by atoms with Gasteiger partial charge in [-0.25, -0.2) is 4.79 Å². The lowest BCUT2D eigenvalue weighted by Gasteiger charge is -2.38. The number of carbonyl (C=O) groups is 4. The highest BCUT2D eigenvalue weighted by molar-refractivity contribution is 6.30. The van der Waals surface area contributed by atoms with Gasteiger partial charge in [0.2, 0.25) is 11.8 Å². The Bertz CT molecular complexity index is 1210. The van der Waals surface area contributed by atoms with E-state index in [1.807, 2.05) is 68.4 Å². The van der Waals surface area contributed by atoms with Gasteiger partial charge in [0, 0.05) is 22.9 Å². The van der Waals surface area contributed by atoms with E-state index < -0.39 is 35.6 Å². The summed E-state index contributed by atoms with van der Waals surface area (Å²) in [6.07, 6.45) is 4.17. The molecule has 3 N–H and O–H groups in total. The van der Waals surface area contributed by atoms with Gasteiger partial charge in [0.05, 0.1) is 6.04 Å². The number of hydrogen-bond acceptors (Lipinski definition) is 5. The molecule has 4 unspecified atom stereocenters. The molecule has 4 rings (SSSR count). The second kappa shape index (κ2) is 14.0. The molecular formula is C32H40ClN3O5. The maximum atomic E-state index is 13.5. The van der Waals surface area contributed by atoms with Gasteiger partial charge in [-0.2, -0.15) is 0 Å². The molecule has 2 aromatic carbocycles. The average Bonchev–Trinajstić information content (AvgIpc) is 3.61. The lowest BCUT2D eigenvalue weighted by Crippen LogP contribution is -2.51. The van der Waals surface area contributed by atoms with Crippen molar-refractivity contribution in [2.75, 3.05) is 6.54 Å². The van der Waals surface area contributed by atoms with Crippen molar-refractivity contribution in [2.24, 2.45) is 11.8 Å². The first kappa shape index (κ1) is 30.6. The molecule has 0 aromatic heterocycles. The smallest absolute Gasteiger partial charge is 0.408 e. The zero-order valence-corrected chi connectivity index (χ0v) is 24.5. The van der Waals surface area contributed by atoms with Crippen LogP contribution in [-0.4, -0.2) is 42.8 Å². The van der Waals surface area contributed by atoms with Crippen molar-refractivity contribution in [3.63, 3.8) is 0 Å². The summed E-state index contributed by atoms with van der Waals surface area (Å²) in [5, 5.41) is 8.90. The Balaban J connectivity index is 1.54. The van der Waals surface area contributed by atoms with Crippen molar-refractivity contribution in [3.8, 4) is 0 Å².